The molecule has 0 spiro atoms. The van der Waals surface area contributed by atoms with Crippen LogP contribution in [0.5, 0.6) is 0 Å². The zero-order valence-corrected chi connectivity index (χ0v) is 15.7. The van der Waals surface area contributed by atoms with Crippen LogP contribution in [0.2, 0.25) is 0 Å². The van der Waals surface area contributed by atoms with Crippen molar-refractivity contribution in [3.63, 3.8) is 0 Å². The highest BCUT2D eigenvalue weighted by Crippen LogP contribution is 2.28. The van der Waals surface area contributed by atoms with Crippen LogP contribution in [0.4, 0.5) is 0 Å². The fourth-order valence-electron chi connectivity index (χ4n) is 3.21. The lowest BCUT2D eigenvalue weighted by atomic mass is 10.0. The molecule has 4 aromatic rings. The summed E-state index contributed by atoms with van der Waals surface area (Å²) < 4.78 is 8.12. The number of carbonyl (C=O) groups is 1. The maximum absolute atomic E-state index is 12.7. The Morgan fingerprint density at radius 2 is 1.76 bits per heavy atom. The Kier molecular flexibility index (Phi) is 4.87. The van der Waals surface area contributed by atoms with E-state index in [9.17, 15) is 14.4 Å². The molecule has 2 aromatic carbocycles. The van der Waals surface area contributed by atoms with Gasteiger partial charge in [-0.25, -0.2) is 4.79 Å². The number of nitrogens with zero attached hydrogens (tertiary/aromatic N) is 2. The van der Waals surface area contributed by atoms with E-state index < -0.39 is 17.3 Å². The minimum atomic E-state index is -0.548. The van der Waals surface area contributed by atoms with Gasteiger partial charge >= 0.3 is 5.69 Å². The number of furan rings is 1. The van der Waals surface area contributed by atoms with E-state index in [2.05, 4.69) is 5.32 Å². The minimum absolute atomic E-state index is 0.212. The first-order valence-corrected chi connectivity index (χ1v) is 9.12. The Balaban J connectivity index is 1.65. The van der Waals surface area contributed by atoms with Crippen molar-refractivity contribution in [2.24, 2.45) is 7.05 Å². The van der Waals surface area contributed by atoms with E-state index in [1.165, 1.54) is 23.9 Å². The Bertz CT molecular complexity index is 1250. The number of aromatic nitrogens is 2. The van der Waals surface area contributed by atoms with Crippen LogP contribution in [-0.4, -0.2) is 15.0 Å². The first-order chi connectivity index (χ1) is 14.0. The number of amides is 1. The monoisotopic (exact) mass is 389 g/mol. The van der Waals surface area contributed by atoms with Crippen molar-refractivity contribution in [1.29, 1.82) is 0 Å². The quantitative estimate of drug-likeness (QED) is 0.567. The summed E-state index contributed by atoms with van der Waals surface area (Å²) in [6.45, 7) is -0.212. The zero-order chi connectivity index (χ0) is 20.4. The summed E-state index contributed by atoms with van der Waals surface area (Å²) in [6, 6.07) is 19.7. The van der Waals surface area contributed by atoms with Crippen LogP contribution >= 0.6 is 0 Å². The van der Waals surface area contributed by atoms with E-state index in [-0.39, 0.29) is 12.5 Å². The summed E-state index contributed by atoms with van der Waals surface area (Å²) in [6.07, 6.45) is 1.32. The second-order valence-electron chi connectivity index (χ2n) is 6.72. The van der Waals surface area contributed by atoms with Crippen LogP contribution < -0.4 is 16.6 Å². The molecule has 0 bridgehead atoms. The molecule has 7 nitrogen and oxygen atoms in total. The SMILES string of the molecule is Cn1c(=O)ccn(CC(=O)N[C@H](c2ccccc2)c2cc3ccccc3o2)c1=O. The largest absolute Gasteiger partial charge is 0.459 e. The van der Waals surface area contributed by atoms with Gasteiger partial charge in [-0.3, -0.25) is 18.7 Å². The van der Waals surface area contributed by atoms with Gasteiger partial charge in [0.2, 0.25) is 5.91 Å². The molecule has 0 radical (unpaired) electrons. The van der Waals surface area contributed by atoms with Gasteiger partial charge in [0.25, 0.3) is 5.56 Å². The van der Waals surface area contributed by atoms with E-state index >= 15 is 0 Å². The topological polar surface area (TPSA) is 86.2 Å². The van der Waals surface area contributed by atoms with Crippen molar-refractivity contribution in [3.05, 3.63) is 105 Å². The van der Waals surface area contributed by atoms with Gasteiger partial charge in [0, 0.05) is 24.7 Å². The number of hydrogen-bond donors (Lipinski definition) is 1. The predicted molar refractivity (Wildman–Crippen MR) is 109 cm³/mol. The molecule has 0 fully saturated rings. The van der Waals surface area contributed by atoms with Gasteiger partial charge in [0.1, 0.15) is 23.9 Å². The molecule has 146 valence electrons. The second kappa shape index (κ2) is 7.63. The van der Waals surface area contributed by atoms with Crippen molar-refractivity contribution < 1.29 is 9.21 Å². The van der Waals surface area contributed by atoms with Gasteiger partial charge in [-0.2, -0.15) is 0 Å². The van der Waals surface area contributed by atoms with Crippen LogP contribution in [0.15, 0.2) is 86.9 Å². The lowest BCUT2D eigenvalue weighted by Gasteiger charge is -2.17. The van der Waals surface area contributed by atoms with Crippen LogP contribution in [-0.2, 0) is 18.4 Å². The molecule has 0 unspecified atom stereocenters. The predicted octanol–water partition coefficient (Wildman–Crippen LogP) is 2.20. The molecule has 4 rings (SSSR count). The molecule has 7 heteroatoms. The van der Waals surface area contributed by atoms with E-state index in [0.29, 0.717) is 5.76 Å². The van der Waals surface area contributed by atoms with Crippen LogP contribution in [0.1, 0.15) is 17.4 Å². The maximum atomic E-state index is 12.7. The highest BCUT2D eigenvalue weighted by molar-refractivity contribution is 5.79. The van der Waals surface area contributed by atoms with Crippen LogP contribution in [0.25, 0.3) is 11.0 Å². The molecule has 0 aliphatic rings. The van der Waals surface area contributed by atoms with Crippen molar-refractivity contribution in [2.75, 3.05) is 0 Å². The second-order valence-corrected chi connectivity index (χ2v) is 6.72. The van der Waals surface area contributed by atoms with Crippen LogP contribution in [0.3, 0.4) is 0 Å². The summed E-state index contributed by atoms with van der Waals surface area (Å²) in [7, 11) is 1.38. The Morgan fingerprint density at radius 1 is 1.03 bits per heavy atom. The molecule has 0 saturated carbocycles. The first-order valence-electron chi connectivity index (χ1n) is 9.12. The zero-order valence-electron chi connectivity index (χ0n) is 15.7. The lowest BCUT2D eigenvalue weighted by Crippen LogP contribution is -2.41. The lowest BCUT2D eigenvalue weighted by molar-refractivity contribution is -0.122. The summed E-state index contributed by atoms with van der Waals surface area (Å²) in [5.74, 6) is 0.221. The summed E-state index contributed by atoms with van der Waals surface area (Å²) >= 11 is 0. The van der Waals surface area contributed by atoms with Crippen LogP contribution in [0, 0.1) is 0 Å². The van der Waals surface area contributed by atoms with E-state index in [4.69, 9.17) is 4.42 Å². The number of benzene rings is 2. The summed E-state index contributed by atoms with van der Waals surface area (Å²) in [4.78, 5) is 36.5. The van der Waals surface area contributed by atoms with Crippen molar-refractivity contribution in [1.82, 2.24) is 14.5 Å². The number of hydrogen-bond acceptors (Lipinski definition) is 4. The standard InChI is InChI=1S/C22H19N3O4/c1-24-20(27)11-12-25(22(24)28)14-19(26)23-21(15-7-3-2-4-8-15)18-13-16-9-5-6-10-17(16)29-18/h2-13,21H,14H2,1H3,(H,23,26)/t21-/m1/s1. The molecular formula is C22H19N3O4. The Labute approximate surface area is 165 Å². The number of carbonyl (C=O) groups excluding carboxylic acids is 1. The molecule has 0 aliphatic carbocycles. The number of rotatable bonds is 5. The van der Waals surface area contributed by atoms with E-state index in [0.717, 1.165) is 21.1 Å². The highest BCUT2D eigenvalue weighted by atomic mass is 16.3. The summed E-state index contributed by atoms with van der Waals surface area (Å²) in [5, 5.41) is 3.88. The molecule has 0 saturated heterocycles. The number of fused-ring (bicyclic) bond motifs is 1. The number of para-hydroxylation sites is 1. The molecule has 2 heterocycles. The molecule has 1 N–H and O–H groups in total. The molecule has 29 heavy (non-hydrogen) atoms. The highest BCUT2D eigenvalue weighted by Gasteiger charge is 2.21. The third kappa shape index (κ3) is 3.75. The molecule has 2 aromatic heterocycles. The van der Waals surface area contributed by atoms with Gasteiger partial charge in [-0.15, -0.1) is 0 Å². The maximum Gasteiger partial charge on any atom is 0.331 e. The Hall–Kier alpha value is -3.87. The van der Waals surface area contributed by atoms with Crippen molar-refractivity contribution >= 4 is 16.9 Å². The van der Waals surface area contributed by atoms with Gasteiger partial charge in [-0.05, 0) is 17.7 Å². The van der Waals surface area contributed by atoms with Crippen molar-refractivity contribution in [2.45, 2.75) is 12.6 Å². The third-order valence-electron chi connectivity index (χ3n) is 4.74. The fraction of sp³-hybridized carbons (Fsp3) is 0.136. The van der Waals surface area contributed by atoms with Gasteiger partial charge in [0.15, 0.2) is 0 Å². The summed E-state index contributed by atoms with van der Waals surface area (Å²) in [5.41, 5.74) is 0.614. The van der Waals surface area contributed by atoms with Gasteiger partial charge in [0.05, 0.1) is 0 Å². The minimum Gasteiger partial charge on any atom is -0.459 e. The normalized spacial score (nSPS) is 12.0. The molecule has 1 atom stereocenters. The average molecular weight is 389 g/mol. The average Bonchev–Trinajstić information content (AvgIpc) is 3.17. The Morgan fingerprint density at radius 3 is 2.52 bits per heavy atom. The van der Waals surface area contributed by atoms with Gasteiger partial charge < -0.3 is 9.73 Å². The van der Waals surface area contributed by atoms with E-state index in [1.807, 2.05) is 60.7 Å². The van der Waals surface area contributed by atoms with Gasteiger partial charge in [-0.1, -0.05) is 48.5 Å². The molecular weight excluding hydrogens is 370 g/mol. The van der Waals surface area contributed by atoms with Crippen molar-refractivity contribution in [3.8, 4) is 0 Å². The molecule has 1 amide bonds. The smallest absolute Gasteiger partial charge is 0.331 e. The number of nitrogens with one attached hydrogen (secondary N) is 1. The molecule has 0 aliphatic heterocycles. The fourth-order valence-corrected chi connectivity index (χ4v) is 3.21. The third-order valence-corrected chi connectivity index (χ3v) is 4.74. The van der Waals surface area contributed by atoms with E-state index in [1.54, 1.807) is 0 Å². The first kappa shape index (κ1) is 18.5.